The Balaban J connectivity index is 1.89. The van der Waals surface area contributed by atoms with Crippen molar-refractivity contribution >= 4 is 16.9 Å². The van der Waals surface area contributed by atoms with Crippen molar-refractivity contribution in [3.63, 3.8) is 0 Å². The van der Waals surface area contributed by atoms with Crippen LogP contribution in [0.4, 0.5) is 0 Å². The molecule has 0 radical (unpaired) electrons. The zero-order valence-corrected chi connectivity index (χ0v) is 12.9. The third-order valence-corrected chi connectivity index (χ3v) is 3.67. The Kier molecular flexibility index (Phi) is 3.93. The monoisotopic (exact) mass is 308 g/mol. The normalized spacial score (nSPS) is 12.1. The lowest BCUT2D eigenvalue weighted by molar-refractivity contribution is 0.0319. The fourth-order valence-corrected chi connectivity index (χ4v) is 2.38. The number of carbonyl (C=O) groups is 1. The lowest BCUT2D eigenvalue weighted by Gasteiger charge is -2.14. The van der Waals surface area contributed by atoms with Crippen LogP contribution in [0.1, 0.15) is 34.8 Å². The third-order valence-electron chi connectivity index (χ3n) is 3.67. The largest absolute Gasteiger partial charge is 0.451 e. The molecule has 1 N–H and O–H groups in total. The molecular formula is C18H16N2O3. The van der Waals surface area contributed by atoms with E-state index in [9.17, 15) is 9.59 Å². The number of hydrogen-bond acceptors (Lipinski definition) is 4. The molecule has 3 rings (SSSR count). The van der Waals surface area contributed by atoms with E-state index in [1.165, 1.54) is 0 Å². The summed E-state index contributed by atoms with van der Waals surface area (Å²) in [7, 11) is 0. The highest BCUT2D eigenvalue weighted by atomic mass is 16.5. The van der Waals surface area contributed by atoms with Gasteiger partial charge in [-0.1, -0.05) is 30.3 Å². The van der Waals surface area contributed by atoms with Gasteiger partial charge in [-0.05, 0) is 37.6 Å². The lowest BCUT2D eigenvalue weighted by Crippen LogP contribution is -2.17. The maximum atomic E-state index is 12.3. The van der Waals surface area contributed by atoms with Crippen molar-refractivity contribution in [2.24, 2.45) is 0 Å². The van der Waals surface area contributed by atoms with Crippen molar-refractivity contribution in [3.8, 4) is 0 Å². The number of para-hydroxylation sites is 1. The molecule has 0 unspecified atom stereocenters. The number of aromatic amines is 1. The molecule has 5 nitrogen and oxygen atoms in total. The van der Waals surface area contributed by atoms with Gasteiger partial charge in [0.2, 0.25) is 0 Å². The third kappa shape index (κ3) is 2.99. The van der Waals surface area contributed by atoms with Gasteiger partial charge in [-0.25, -0.2) is 9.78 Å². The quantitative estimate of drug-likeness (QED) is 0.754. The first-order chi connectivity index (χ1) is 11.1. The number of aryl methyl sites for hydroxylation is 1. The molecule has 0 aliphatic rings. The molecule has 0 spiro atoms. The van der Waals surface area contributed by atoms with Gasteiger partial charge in [-0.15, -0.1) is 0 Å². The Morgan fingerprint density at radius 2 is 1.83 bits per heavy atom. The molecule has 0 bridgehead atoms. The molecule has 1 heterocycles. The van der Waals surface area contributed by atoms with E-state index >= 15 is 0 Å². The number of benzene rings is 2. The van der Waals surface area contributed by atoms with Gasteiger partial charge in [0.1, 0.15) is 0 Å². The molecule has 5 heteroatoms. The van der Waals surface area contributed by atoms with E-state index in [-0.39, 0.29) is 5.56 Å². The van der Waals surface area contributed by atoms with E-state index < -0.39 is 12.1 Å². The number of aromatic nitrogens is 2. The van der Waals surface area contributed by atoms with Gasteiger partial charge in [0.15, 0.2) is 11.9 Å². The molecule has 0 aliphatic heterocycles. The van der Waals surface area contributed by atoms with Gasteiger partial charge < -0.3 is 9.72 Å². The van der Waals surface area contributed by atoms with Gasteiger partial charge >= 0.3 is 5.97 Å². The molecule has 0 aliphatic carbocycles. The van der Waals surface area contributed by atoms with Crippen LogP contribution in [0.3, 0.4) is 0 Å². The predicted octanol–water partition coefficient (Wildman–Crippen LogP) is 3.15. The number of carbonyl (C=O) groups excluding carboxylic acids is 1. The van der Waals surface area contributed by atoms with E-state index in [0.717, 1.165) is 5.56 Å². The Hall–Kier alpha value is -2.95. The molecule has 23 heavy (non-hydrogen) atoms. The maximum absolute atomic E-state index is 12.3. The number of nitrogens with one attached hydrogen (secondary N) is 1. The molecule has 116 valence electrons. The average Bonchev–Trinajstić information content (AvgIpc) is 2.55. The smallest absolute Gasteiger partial charge is 0.339 e. The van der Waals surface area contributed by atoms with Gasteiger partial charge in [0.25, 0.3) is 5.56 Å². The van der Waals surface area contributed by atoms with E-state index in [2.05, 4.69) is 9.97 Å². The Labute approximate surface area is 133 Å². The number of esters is 1. The lowest BCUT2D eigenvalue weighted by atomic mass is 10.1. The minimum Gasteiger partial charge on any atom is -0.451 e. The molecular weight excluding hydrogens is 292 g/mol. The maximum Gasteiger partial charge on any atom is 0.339 e. The molecule has 1 atom stereocenters. The average molecular weight is 308 g/mol. The second kappa shape index (κ2) is 6.04. The Morgan fingerprint density at radius 1 is 1.13 bits per heavy atom. The SMILES string of the molecule is Cc1ccccc1C(=O)O[C@H](C)c1nc2ccccc2c(=O)[nH]1. The van der Waals surface area contributed by atoms with E-state index in [4.69, 9.17) is 4.74 Å². The van der Waals surface area contributed by atoms with Crippen LogP contribution in [0.25, 0.3) is 10.9 Å². The van der Waals surface area contributed by atoms with Crippen molar-refractivity contribution in [2.75, 3.05) is 0 Å². The predicted molar refractivity (Wildman–Crippen MR) is 87.4 cm³/mol. The van der Waals surface area contributed by atoms with Crippen molar-refractivity contribution in [2.45, 2.75) is 20.0 Å². The zero-order chi connectivity index (χ0) is 16.4. The van der Waals surface area contributed by atoms with Crippen molar-refractivity contribution in [1.82, 2.24) is 9.97 Å². The summed E-state index contributed by atoms with van der Waals surface area (Å²) in [5.74, 6) is -0.109. The summed E-state index contributed by atoms with van der Waals surface area (Å²) in [5.41, 5.74) is 1.67. The van der Waals surface area contributed by atoms with Crippen LogP contribution in [-0.4, -0.2) is 15.9 Å². The molecule has 0 saturated carbocycles. The molecule has 3 aromatic rings. The van der Waals surface area contributed by atoms with E-state index in [1.54, 1.807) is 37.3 Å². The standard InChI is InChI=1S/C18H16N2O3/c1-11-7-3-4-8-13(11)18(22)23-12(2)16-19-15-10-6-5-9-14(15)17(21)20-16/h3-10,12H,1-2H3,(H,19,20,21)/t12-/m1/s1. The fourth-order valence-electron chi connectivity index (χ4n) is 2.38. The molecule has 1 aromatic heterocycles. The first-order valence-corrected chi connectivity index (χ1v) is 7.32. The Morgan fingerprint density at radius 3 is 2.61 bits per heavy atom. The van der Waals surface area contributed by atoms with Crippen LogP contribution < -0.4 is 5.56 Å². The highest BCUT2D eigenvalue weighted by molar-refractivity contribution is 5.91. The fraction of sp³-hybridized carbons (Fsp3) is 0.167. The van der Waals surface area contributed by atoms with Crippen molar-refractivity contribution in [1.29, 1.82) is 0 Å². The van der Waals surface area contributed by atoms with E-state index in [0.29, 0.717) is 22.3 Å². The van der Waals surface area contributed by atoms with Crippen LogP contribution in [0.5, 0.6) is 0 Å². The molecule has 2 aromatic carbocycles. The Bertz CT molecular complexity index is 931. The van der Waals surface area contributed by atoms with Crippen LogP contribution in [0.15, 0.2) is 53.3 Å². The van der Waals surface area contributed by atoms with Crippen LogP contribution in [-0.2, 0) is 4.74 Å². The van der Waals surface area contributed by atoms with Gasteiger partial charge in [-0.2, -0.15) is 0 Å². The summed E-state index contributed by atoms with van der Waals surface area (Å²) in [6.45, 7) is 3.53. The number of hydrogen-bond donors (Lipinski definition) is 1. The summed E-state index contributed by atoms with van der Waals surface area (Å²) < 4.78 is 5.44. The molecule has 0 fully saturated rings. The summed E-state index contributed by atoms with van der Waals surface area (Å²) in [5, 5.41) is 0.508. The topological polar surface area (TPSA) is 72.0 Å². The number of nitrogens with zero attached hydrogens (tertiary/aromatic N) is 1. The minimum absolute atomic E-state index is 0.246. The number of rotatable bonds is 3. The van der Waals surface area contributed by atoms with E-state index in [1.807, 2.05) is 25.1 Å². The first-order valence-electron chi connectivity index (χ1n) is 7.32. The second-order valence-corrected chi connectivity index (χ2v) is 5.33. The summed E-state index contributed by atoms with van der Waals surface area (Å²) in [4.78, 5) is 31.4. The van der Waals surface area contributed by atoms with Crippen LogP contribution >= 0.6 is 0 Å². The first kappa shape index (κ1) is 15.0. The zero-order valence-electron chi connectivity index (χ0n) is 12.9. The number of H-pyrrole nitrogens is 1. The number of fused-ring (bicyclic) bond motifs is 1. The second-order valence-electron chi connectivity index (χ2n) is 5.33. The van der Waals surface area contributed by atoms with Gasteiger partial charge in [-0.3, -0.25) is 4.79 Å². The summed E-state index contributed by atoms with van der Waals surface area (Å²) in [6.07, 6.45) is -0.653. The summed E-state index contributed by atoms with van der Waals surface area (Å²) >= 11 is 0. The van der Waals surface area contributed by atoms with Crippen LogP contribution in [0.2, 0.25) is 0 Å². The summed E-state index contributed by atoms with van der Waals surface area (Å²) in [6, 6.07) is 14.2. The van der Waals surface area contributed by atoms with Gasteiger partial charge in [0, 0.05) is 0 Å². The van der Waals surface area contributed by atoms with Crippen molar-refractivity contribution < 1.29 is 9.53 Å². The van der Waals surface area contributed by atoms with Gasteiger partial charge in [0.05, 0.1) is 16.5 Å². The van der Waals surface area contributed by atoms with Crippen molar-refractivity contribution in [3.05, 3.63) is 75.8 Å². The minimum atomic E-state index is -0.653. The molecule has 0 saturated heterocycles. The highest BCUT2D eigenvalue weighted by Crippen LogP contribution is 2.17. The van der Waals surface area contributed by atoms with Crippen LogP contribution in [0, 0.1) is 6.92 Å². The molecule has 0 amide bonds. The highest BCUT2D eigenvalue weighted by Gasteiger charge is 2.17. The number of ether oxygens (including phenoxy) is 1.